The van der Waals surface area contributed by atoms with E-state index in [9.17, 15) is 9.59 Å². The van der Waals surface area contributed by atoms with E-state index in [0.717, 1.165) is 16.9 Å². The van der Waals surface area contributed by atoms with Gasteiger partial charge < -0.3 is 14.6 Å². The number of rotatable bonds is 8. The van der Waals surface area contributed by atoms with E-state index in [1.165, 1.54) is 12.4 Å². The molecule has 0 saturated carbocycles. The van der Waals surface area contributed by atoms with Crippen LogP contribution in [0.2, 0.25) is 10.0 Å². The molecule has 3 aromatic heterocycles. The number of benzene rings is 3. The molecule has 11 heteroatoms. The number of fused-ring (bicyclic) bond motifs is 2. The number of nitrogens with one attached hydrogen (secondary N) is 1. The maximum Gasteiger partial charge on any atom is 0.263 e. The van der Waals surface area contributed by atoms with E-state index < -0.39 is 6.04 Å². The van der Waals surface area contributed by atoms with Gasteiger partial charge in [-0.05, 0) is 48.4 Å². The summed E-state index contributed by atoms with van der Waals surface area (Å²) in [5.41, 5.74) is 2.17. The van der Waals surface area contributed by atoms with Crippen molar-refractivity contribution in [3.63, 3.8) is 0 Å². The molecular weight excluding hydrogens is 587 g/mol. The highest BCUT2D eigenvalue weighted by Gasteiger charge is 2.21. The lowest BCUT2D eigenvalue weighted by Crippen LogP contribution is -2.29. The van der Waals surface area contributed by atoms with E-state index >= 15 is 0 Å². The highest BCUT2D eigenvalue weighted by Crippen LogP contribution is 2.26. The SMILES string of the molecule is COc1ccc(Cn2ccc(=O)c3c(N[C@@H](C)c4nc5cccc(Cl)c5c(=O)n4Cc4ccccc4Cl)ncnc32)cc1. The van der Waals surface area contributed by atoms with Gasteiger partial charge in [0, 0.05) is 23.8 Å². The molecule has 0 unspecified atom stereocenters. The second-order valence-electron chi connectivity index (χ2n) is 10.0. The molecule has 3 heterocycles. The number of pyridine rings is 1. The van der Waals surface area contributed by atoms with E-state index in [-0.39, 0.29) is 17.5 Å². The summed E-state index contributed by atoms with van der Waals surface area (Å²) in [5, 5.41) is 4.82. The smallest absolute Gasteiger partial charge is 0.263 e. The molecule has 1 N–H and O–H groups in total. The summed E-state index contributed by atoms with van der Waals surface area (Å²) in [6, 6.07) is 21.1. The lowest BCUT2D eigenvalue weighted by Gasteiger charge is -2.21. The molecule has 216 valence electrons. The van der Waals surface area contributed by atoms with Gasteiger partial charge >= 0.3 is 0 Å². The van der Waals surface area contributed by atoms with Gasteiger partial charge in [0.25, 0.3) is 5.56 Å². The van der Waals surface area contributed by atoms with Gasteiger partial charge in [-0.2, -0.15) is 0 Å². The number of hydrogen-bond acceptors (Lipinski definition) is 7. The van der Waals surface area contributed by atoms with Crippen LogP contribution in [0.5, 0.6) is 5.75 Å². The van der Waals surface area contributed by atoms with E-state index in [0.29, 0.717) is 50.2 Å². The van der Waals surface area contributed by atoms with Crippen molar-refractivity contribution in [1.29, 1.82) is 0 Å². The highest BCUT2D eigenvalue weighted by atomic mass is 35.5. The molecule has 0 bridgehead atoms. The maximum absolute atomic E-state index is 13.8. The molecule has 9 nitrogen and oxygen atoms in total. The lowest BCUT2D eigenvalue weighted by atomic mass is 10.1. The molecule has 0 fully saturated rings. The van der Waals surface area contributed by atoms with E-state index in [4.69, 9.17) is 32.9 Å². The van der Waals surface area contributed by atoms with Crippen LogP contribution in [0.3, 0.4) is 0 Å². The molecule has 0 saturated heterocycles. The van der Waals surface area contributed by atoms with Gasteiger partial charge in [-0.15, -0.1) is 0 Å². The first-order valence-electron chi connectivity index (χ1n) is 13.5. The van der Waals surface area contributed by atoms with Crippen molar-refractivity contribution in [2.75, 3.05) is 12.4 Å². The maximum atomic E-state index is 13.8. The number of nitrogens with zero attached hydrogens (tertiary/aromatic N) is 5. The van der Waals surface area contributed by atoms with Gasteiger partial charge in [-0.25, -0.2) is 15.0 Å². The molecule has 0 aliphatic carbocycles. The second-order valence-corrected chi connectivity index (χ2v) is 10.8. The fraction of sp³-hybridized carbons (Fsp3) is 0.156. The molecule has 0 amide bonds. The van der Waals surface area contributed by atoms with Crippen LogP contribution in [0.25, 0.3) is 21.9 Å². The van der Waals surface area contributed by atoms with Crippen molar-refractivity contribution in [2.24, 2.45) is 0 Å². The Morgan fingerprint density at radius 2 is 1.65 bits per heavy atom. The minimum atomic E-state index is -0.550. The number of hydrogen-bond donors (Lipinski definition) is 1. The summed E-state index contributed by atoms with van der Waals surface area (Å²) >= 11 is 12.9. The molecule has 0 radical (unpaired) electrons. The third-order valence-electron chi connectivity index (χ3n) is 7.25. The monoisotopic (exact) mass is 612 g/mol. The number of aromatic nitrogens is 5. The Morgan fingerprint density at radius 1 is 0.884 bits per heavy atom. The summed E-state index contributed by atoms with van der Waals surface area (Å²) in [7, 11) is 1.62. The van der Waals surface area contributed by atoms with Gasteiger partial charge in [0.15, 0.2) is 5.43 Å². The van der Waals surface area contributed by atoms with Gasteiger partial charge in [0.1, 0.15) is 34.8 Å². The summed E-state index contributed by atoms with van der Waals surface area (Å²) in [5.74, 6) is 1.52. The van der Waals surface area contributed by atoms with Crippen molar-refractivity contribution in [3.8, 4) is 5.75 Å². The van der Waals surface area contributed by atoms with Crippen LogP contribution < -0.4 is 21.0 Å². The third kappa shape index (κ3) is 5.57. The normalized spacial score (nSPS) is 12.0. The number of ether oxygens (including phenoxy) is 1. The third-order valence-corrected chi connectivity index (χ3v) is 7.94. The van der Waals surface area contributed by atoms with Gasteiger partial charge in [-0.3, -0.25) is 14.2 Å². The first-order chi connectivity index (χ1) is 20.8. The van der Waals surface area contributed by atoms with Crippen LogP contribution in [-0.4, -0.2) is 31.2 Å². The van der Waals surface area contributed by atoms with E-state index in [2.05, 4.69) is 15.3 Å². The van der Waals surface area contributed by atoms with E-state index in [1.54, 1.807) is 42.1 Å². The Morgan fingerprint density at radius 3 is 2.42 bits per heavy atom. The molecular formula is C32H26Cl2N6O3. The minimum absolute atomic E-state index is 0.174. The fourth-order valence-electron chi connectivity index (χ4n) is 5.09. The molecule has 6 aromatic rings. The standard InChI is InChI=1S/C32H26Cl2N6O3/c1-19(30-38-25-9-5-8-24(34)27(25)32(42)40(30)17-21-6-3-4-7-23(21)33)37-29-28-26(41)14-15-39(31(28)36-18-35-29)16-20-10-12-22(43-2)13-11-20/h3-15,18-19H,16-17H2,1-2H3,(H,35,36,37)/t19-/m0/s1. The number of methoxy groups -OCH3 is 1. The zero-order chi connectivity index (χ0) is 30.1. The molecule has 43 heavy (non-hydrogen) atoms. The Kier molecular flexibility index (Phi) is 7.84. The first-order valence-corrected chi connectivity index (χ1v) is 14.3. The molecule has 1 atom stereocenters. The summed E-state index contributed by atoms with van der Waals surface area (Å²) in [4.78, 5) is 40.7. The average Bonchev–Trinajstić information content (AvgIpc) is 3.01. The van der Waals surface area contributed by atoms with Crippen molar-refractivity contribution >= 4 is 51.0 Å². The second kappa shape index (κ2) is 11.9. The van der Waals surface area contributed by atoms with Crippen molar-refractivity contribution in [2.45, 2.75) is 26.1 Å². The van der Waals surface area contributed by atoms with E-state index in [1.807, 2.05) is 54.0 Å². The van der Waals surface area contributed by atoms with Crippen LogP contribution in [0, 0.1) is 0 Å². The Bertz CT molecular complexity index is 2090. The summed E-state index contributed by atoms with van der Waals surface area (Å²) < 4.78 is 8.70. The minimum Gasteiger partial charge on any atom is -0.497 e. The predicted molar refractivity (Wildman–Crippen MR) is 169 cm³/mol. The topological polar surface area (TPSA) is 104 Å². The quantitative estimate of drug-likeness (QED) is 0.222. The zero-order valence-electron chi connectivity index (χ0n) is 23.3. The summed E-state index contributed by atoms with van der Waals surface area (Å²) in [6.07, 6.45) is 3.12. The van der Waals surface area contributed by atoms with Crippen LogP contribution >= 0.6 is 23.2 Å². The van der Waals surface area contributed by atoms with Crippen LogP contribution in [0.15, 0.2) is 94.9 Å². The molecule has 6 rings (SSSR count). The van der Waals surface area contributed by atoms with Gasteiger partial charge in [-0.1, -0.05) is 59.6 Å². The zero-order valence-corrected chi connectivity index (χ0v) is 24.8. The molecule has 3 aromatic carbocycles. The largest absolute Gasteiger partial charge is 0.497 e. The summed E-state index contributed by atoms with van der Waals surface area (Å²) in [6.45, 7) is 2.51. The molecule has 0 spiro atoms. The Hall–Kier alpha value is -4.73. The number of anilines is 1. The highest BCUT2D eigenvalue weighted by molar-refractivity contribution is 6.35. The molecule has 0 aliphatic rings. The van der Waals surface area contributed by atoms with Crippen molar-refractivity contribution in [3.05, 3.63) is 133 Å². The first kappa shape index (κ1) is 28.4. The Labute approximate surface area is 256 Å². The van der Waals surface area contributed by atoms with Crippen LogP contribution in [0.4, 0.5) is 5.82 Å². The number of halogens is 2. The Balaban J connectivity index is 1.43. The van der Waals surface area contributed by atoms with Crippen LogP contribution in [0.1, 0.15) is 29.9 Å². The van der Waals surface area contributed by atoms with Crippen molar-refractivity contribution in [1.82, 2.24) is 24.1 Å². The van der Waals surface area contributed by atoms with Crippen LogP contribution in [-0.2, 0) is 13.1 Å². The van der Waals surface area contributed by atoms with Gasteiger partial charge in [0.2, 0.25) is 0 Å². The van der Waals surface area contributed by atoms with Crippen molar-refractivity contribution < 1.29 is 4.74 Å². The molecule has 0 aliphatic heterocycles. The predicted octanol–water partition coefficient (Wildman–Crippen LogP) is 6.09. The lowest BCUT2D eigenvalue weighted by molar-refractivity contribution is 0.414. The van der Waals surface area contributed by atoms with Gasteiger partial charge in [0.05, 0.1) is 35.6 Å². The fourth-order valence-corrected chi connectivity index (χ4v) is 5.53. The average molecular weight is 614 g/mol.